The van der Waals surface area contributed by atoms with Crippen molar-refractivity contribution in [3.05, 3.63) is 46.8 Å². The van der Waals surface area contributed by atoms with Crippen molar-refractivity contribution in [1.82, 2.24) is 0 Å². The van der Waals surface area contributed by atoms with E-state index in [4.69, 9.17) is 11.6 Å². The van der Waals surface area contributed by atoms with E-state index in [1.165, 1.54) is 12.1 Å². The van der Waals surface area contributed by atoms with Crippen LogP contribution in [0.3, 0.4) is 0 Å². The zero-order chi connectivity index (χ0) is 10.0. The summed E-state index contributed by atoms with van der Waals surface area (Å²) in [6, 6.07) is 4.51. The first-order valence-corrected chi connectivity index (χ1v) is 4.19. The largest absolute Gasteiger partial charge is 0.384 e. The third kappa shape index (κ3) is 2.08. The topological polar surface area (TPSA) is 20.2 Å². The Labute approximate surface area is 81.5 Å². The summed E-state index contributed by atoms with van der Waals surface area (Å²) < 4.78 is 13.3. The van der Waals surface area contributed by atoms with E-state index in [2.05, 4.69) is 6.58 Å². The first kappa shape index (κ1) is 10.2. The molecular weight excluding hydrogens is 191 g/mol. The van der Waals surface area contributed by atoms with Crippen LogP contribution in [0, 0.1) is 5.82 Å². The third-order valence-corrected chi connectivity index (χ3v) is 2.03. The summed E-state index contributed by atoms with van der Waals surface area (Å²) >= 11 is 5.55. The normalized spacial score (nSPS) is 12.6. The maximum atomic E-state index is 13.3. The minimum absolute atomic E-state index is 0.0119. The Balaban J connectivity index is 3.15. The van der Waals surface area contributed by atoms with E-state index in [9.17, 15) is 9.50 Å². The second-order valence-corrected chi connectivity index (χ2v) is 3.30. The number of halogens is 2. The van der Waals surface area contributed by atoms with Gasteiger partial charge in [0, 0.05) is 5.56 Å². The summed E-state index contributed by atoms with van der Waals surface area (Å²) in [5.41, 5.74) is 0.654. The highest BCUT2D eigenvalue weighted by molar-refractivity contribution is 6.30. The van der Waals surface area contributed by atoms with Gasteiger partial charge in [-0.25, -0.2) is 4.39 Å². The van der Waals surface area contributed by atoms with Crippen LogP contribution in [0.1, 0.15) is 18.6 Å². The van der Waals surface area contributed by atoms with E-state index in [1.807, 2.05) is 0 Å². The van der Waals surface area contributed by atoms with Crippen molar-refractivity contribution in [2.45, 2.75) is 13.0 Å². The first-order valence-electron chi connectivity index (χ1n) is 3.81. The lowest BCUT2D eigenvalue weighted by molar-refractivity contribution is 0.211. The molecule has 0 aromatic heterocycles. The van der Waals surface area contributed by atoms with Gasteiger partial charge in [-0.05, 0) is 18.6 Å². The molecule has 0 amide bonds. The summed E-state index contributed by atoms with van der Waals surface area (Å²) in [7, 11) is 0. The van der Waals surface area contributed by atoms with Crippen molar-refractivity contribution in [3.8, 4) is 0 Å². The van der Waals surface area contributed by atoms with Gasteiger partial charge in [-0.2, -0.15) is 0 Å². The average molecular weight is 201 g/mol. The number of aliphatic hydroxyl groups is 1. The molecule has 3 heteroatoms. The maximum Gasteiger partial charge on any atom is 0.147 e. The zero-order valence-electron chi connectivity index (χ0n) is 7.22. The van der Waals surface area contributed by atoms with Crippen LogP contribution in [-0.4, -0.2) is 5.11 Å². The second-order valence-electron chi connectivity index (χ2n) is 2.89. The third-order valence-electron chi connectivity index (χ3n) is 1.74. The highest BCUT2D eigenvalue weighted by Gasteiger charge is 2.14. The molecule has 0 aliphatic rings. The van der Waals surface area contributed by atoms with Crippen LogP contribution >= 0.6 is 11.6 Å². The molecular formula is C10H10ClFO. The molecule has 0 fully saturated rings. The minimum atomic E-state index is -0.987. The van der Waals surface area contributed by atoms with Crippen LogP contribution < -0.4 is 0 Å². The first-order chi connectivity index (χ1) is 6.04. The van der Waals surface area contributed by atoms with E-state index < -0.39 is 11.9 Å². The van der Waals surface area contributed by atoms with Crippen LogP contribution in [-0.2, 0) is 0 Å². The van der Waals surface area contributed by atoms with Crippen molar-refractivity contribution in [2.75, 3.05) is 0 Å². The van der Waals surface area contributed by atoms with Gasteiger partial charge in [0.15, 0.2) is 0 Å². The van der Waals surface area contributed by atoms with Gasteiger partial charge in [0.05, 0.1) is 5.02 Å². The highest BCUT2D eigenvalue weighted by atomic mass is 35.5. The van der Waals surface area contributed by atoms with Gasteiger partial charge in [-0.1, -0.05) is 30.3 Å². The molecule has 0 radical (unpaired) electrons. The molecule has 70 valence electrons. The van der Waals surface area contributed by atoms with Gasteiger partial charge < -0.3 is 5.11 Å². The lowest BCUT2D eigenvalue weighted by Crippen LogP contribution is -2.01. The summed E-state index contributed by atoms with van der Waals surface area (Å²) in [4.78, 5) is 0. The van der Waals surface area contributed by atoms with Crippen LogP contribution in [0.15, 0.2) is 30.4 Å². The van der Waals surface area contributed by atoms with Gasteiger partial charge in [0.1, 0.15) is 11.9 Å². The molecule has 0 saturated carbocycles. The van der Waals surface area contributed by atoms with E-state index in [1.54, 1.807) is 13.0 Å². The second kappa shape index (κ2) is 3.90. The Morgan fingerprint density at radius 1 is 1.62 bits per heavy atom. The average Bonchev–Trinajstić information content (AvgIpc) is 2.08. The summed E-state index contributed by atoms with van der Waals surface area (Å²) in [5.74, 6) is -0.584. The number of hydrogen-bond acceptors (Lipinski definition) is 1. The van der Waals surface area contributed by atoms with Crippen LogP contribution in [0.5, 0.6) is 0 Å². The van der Waals surface area contributed by atoms with Crippen molar-refractivity contribution in [1.29, 1.82) is 0 Å². The summed E-state index contributed by atoms with van der Waals surface area (Å²) in [6.07, 6.45) is -0.987. The van der Waals surface area contributed by atoms with E-state index in [0.29, 0.717) is 5.57 Å². The molecule has 0 heterocycles. The predicted octanol–water partition coefficient (Wildman–Crippen LogP) is 3.09. The maximum absolute atomic E-state index is 13.3. The molecule has 1 N–H and O–H groups in total. The van der Waals surface area contributed by atoms with Crippen molar-refractivity contribution < 1.29 is 9.50 Å². The van der Waals surface area contributed by atoms with Crippen LogP contribution in [0.25, 0.3) is 0 Å². The fourth-order valence-electron chi connectivity index (χ4n) is 0.997. The monoisotopic (exact) mass is 200 g/mol. The van der Waals surface area contributed by atoms with Gasteiger partial charge in [0.25, 0.3) is 0 Å². The highest BCUT2D eigenvalue weighted by Crippen LogP contribution is 2.26. The van der Waals surface area contributed by atoms with E-state index in [-0.39, 0.29) is 10.6 Å². The SMILES string of the molecule is C=C(C)C(O)c1cccc(Cl)c1F. The van der Waals surface area contributed by atoms with E-state index in [0.717, 1.165) is 0 Å². The Hall–Kier alpha value is -0.860. The summed E-state index contributed by atoms with van der Waals surface area (Å²) in [6.45, 7) is 5.17. The zero-order valence-corrected chi connectivity index (χ0v) is 7.98. The van der Waals surface area contributed by atoms with Crippen molar-refractivity contribution in [3.63, 3.8) is 0 Å². The van der Waals surface area contributed by atoms with Gasteiger partial charge >= 0.3 is 0 Å². The Kier molecular flexibility index (Phi) is 3.07. The molecule has 1 aromatic carbocycles. The van der Waals surface area contributed by atoms with E-state index >= 15 is 0 Å². The fraction of sp³-hybridized carbons (Fsp3) is 0.200. The van der Waals surface area contributed by atoms with Crippen molar-refractivity contribution in [2.24, 2.45) is 0 Å². The van der Waals surface area contributed by atoms with Gasteiger partial charge in [-0.3, -0.25) is 0 Å². The molecule has 0 bridgehead atoms. The predicted molar refractivity (Wildman–Crippen MR) is 51.2 cm³/mol. The van der Waals surface area contributed by atoms with Crippen molar-refractivity contribution >= 4 is 11.6 Å². The molecule has 1 nitrogen and oxygen atoms in total. The van der Waals surface area contributed by atoms with Crippen LogP contribution in [0.4, 0.5) is 4.39 Å². The number of aliphatic hydroxyl groups excluding tert-OH is 1. The van der Waals surface area contributed by atoms with Gasteiger partial charge in [0.2, 0.25) is 0 Å². The minimum Gasteiger partial charge on any atom is -0.384 e. The quantitative estimate of drug-likeness (QED) is 0.728. The van der Waals surface area contributed by atoms with Crippen LogP contribution in [0.2, 0.25) is 5.02 Å². The molecule has 0 aliphatic heterocycles. The molecule has 0 saturated heterocycles. The smallest absolute Gasteiger partial charge is 0.147 e. The molecule has 1 unspecified atom stereocenters. The molecule has 0 spiro atoms. The molecule has 13 heavy (non-hydrogen) atoms. The van der Waals surface area contributed by atoms with Gasteiger partial charge in [-0.15, -0.1) is 0 Å². The molecule has 1 rings (SSSR count). The molecule has 0 aliphatic carbocycles. The number of rotatable bonds is 2. The Morgan fingerprint density at radius 2 is 2.23 bits per heavy atom. The Bertz CT molecular complexity index is 336. The number of benzene rings is 1. The Morgan fingerprint density at radius 3 is 2.77 bits per heavy atom. The number of hydrogen-bond donors (Lipinski definition) is 1. The lowest BCUT2D eigenvalue weighted by Gasteiger charge is -2.11. The fourth-order valence-corrected chi connectivity index (χ4v) is 1.18. The standard InChI is InChI=1S/C10H10ClFO/c1-6(2)10(13)7-4-3-5-8(11)9(7)12/h3-5,10,13H,1H2,2H3. The summed E-state index contributed by atoms with van der Waals surface area (Å²) in [5, 5.41) is 9.52. The molecule has 1 atom stereocenters. The lowest BCUT2D eigenvalue weighted by atomic mass is 10.0. The molecule has 1 aromatic rings.